The van der Waals surface area contributed by atoms with E-state index in [9.17, 15) is 4.79 Å². The molecule has 1 saturated heterocycles. The summed E-state index contributed by atoms with van der Waals surface area (Å²) in [7, 11) is 0. The Morgan fingerprint density at radius 3 is 2.89 bits per heavy atom. The number of aromatic nitrogens is 3. The van der Waals surface area contributed by atoms with Gasteiger partial charge in [-0.05, 0) is 43.5 Å². The van der Waals surface area contributed by atoms with Gasteiger partial charge in [-0.1, -0.05) is 12.1 Å². The molecule has 0 saturated carbocycles. The van der Waals surface area contributed by atoms with E-state index in [-0.39, 0.29) is 5.60 Å². The predicted molar refractivity (Wildman–Crippen MR) is 106 cm³/mol. The molecule has 2 aliphatic heterocycles. The van der Waals surface area contributed by atoms with Gasteiger partial charge in [-0.2, -0.15) is 5.10 Å². The van der Waals surface area contributed by atoms with E-state index >= 15 is 0 Å². The second kappa shape index (κ2) is 6.46. The first-order chi connectivity index (χ1) is 13.5. The van der Waals surface area contributed by atoms with Gasteiger partial charge in [-0.3, -0.25) is 14.4 Å². The van der Waals surface area contributed by atoms with Gasteiger partial charge < -0.3 is 15.5 Å². The molecule has 0 bridgehead atoms. The number of nitrogens with two attached hydrogens (primary N) is 1. The standard InChI is InChI=1S/C21H25N5O2/c1-14-3-2-4-18-17(14)9-15(23-18)11-25-7-5-21(6-8-25)13-26-16(12-28-21)10-19(24-26)20(22)27/h2-4,9-10,23H,5-8,11-13H2,1H3,(H2,22,27). The molecule has 1 fully saturated rings. The van der Waals surface area contributed by atoms with Gasteiger partial charge in [-0.15, -0.1) is 0 Å². The lowest BCUT2D eigenvalue weighted by atomic mass is 9.90. The Bertz CT molecular complexity index is 1040. The molecule has 1 amide bonds. The molecular weight excluding hydrogens is 354 g/mol. The van der Waals surface area contributed by atoms with Gasteiger partial charge in [-0.25, -0.2) is 0 Å². The van der Waals surface area contributed by atoms with Crippen LogP contribution in [0, 0.1) is 6.92 Å². The van der Waals surface area contributed by atoms with Crippen LogP contribution in [0.25, 0.3) is 10.9 Å². The molecule has 0 atom stereocenters. The Balaban J connectivity index is 1.25. The number of fused-ring (bicyclic) bond motifs is 2. The van der Waals surface area contributed by atoms with E-state index in [0.717, 1.165) is 38.2 Å². The molecule has 0 radical (unpaired) electrons. The number of hydrogen-bond acceptors (Lipinski definition) is 4. The first kappa shape index (κ1) is 17.5. The molecule has 1 spiro atoms. The zero-order valence-corrected chi connectivity index (χ0v) is 16.1. The zero-order chi connectivity index (χ0) is 19.3. The van der Waals surface area contributed by atoms with E-state index in [4.69, 9.17) is 10.5 Å². The maximum absolute atomic E-state index is 11.4. The van der Waals surface area contributed by atoms with Gasteiger partial charge in [0.2, 0.25) is 0 Å². The van der Waals surface area contributed by atoms with Gasteiger partial charge in [0.15, 0.2) is 0 Å². The highest BCUT2D eigenvalue weighted by Crippen LogP contribution is 2.33. The molecule has 1 aromatic carbocycles. The minimum absolute atomic E-state index is 0.193. The number of ether oxygens (including phenoxy) is 1. The van der Waals surface area contributed by atoms with Gasteiger partial charge in [0.05, 0.1) is 24.4 Å². The molecule has 4 heterocycles. The molecule has 7 heteroatoms. The lowest BCUT2D eigenvalue weighted by molar-refractivity contribution is -0.124. The largest absolute Gasteiger partial charge is 0.367 e. The van der Waals surface area contributed by atoms with Crippen LogP contribution in [0.2, 0.25) is 0 Å². The number of carbonyl (C=O) groups is 1. The van der Waals surface area contributed by atoms with Gasteiger partial charge >= 0.3 is 0 Å². The summed E-state index contributed by atoms with van der Waals surface area (Å²) in [5.41, 5.74) is 10.2. The van der Waals surface area contributed by atoms with Crippen molar-refractivity contribution >= 4 is 16.8 Å². The molecule has 0 aliphatic carbocycles. The summed E-state index contributed by atoms with van der Waals surface area (Å²) in [6, 6.07) is 10.4. The molecule has 5 rings (SSSR count). The highest BCUT2D eigenvalue weighted by molar-refractivity contribution is 5.90. The van der Waals surface area contributed by atoms with Crippen molar-refractivity contribution in [3.8, 4) is 0 Å². The number of H-pyrrole nitrogens is 1. The van der Waals surface area contributed by atoms with Gasteiger partial charge in [0, 0.05) is 36.2 Å². The van der Waals surface area contributed by atoms with Crippen molar-refractivity contribution in [3.05, 3.63) is 53.0 Å². The third kappa shape index (κ3) is 3.00. The van der Waals surface area contributed by atoms with Crippen molar-refractivity contribution in [2.24, 2.45) is 5.73 Å². The monoisotopic (exact) mass is 379 g/mol. The zero-order valence-electron chi connectivity index (χ0n) is 16.1. The second-order valence-corrected chi connectivity index (χ2v) is 8.12. The molecule has 0 unspecified atom stereocenters. The Morgan fingerprint density at radius 2 is 2.14 bits per heavy atom. The van der Waals surface area contributed by atoms with Crippen molar-refractivity contribution in [2.45, 2.75) is 45.1 Å². The summed E-state index contributed by atoms with van der Waals surface area (Å²) in [5, 5.41) is 5.67. The summed E-state index contributed by atoms with van der Waals surface area (Å²) in [6.45, 7) is 6.21. The van der Waals surface area contributed by atoms with Crippen LogP contribution in [0.5, 0.6) is 0 Å². The predicted octanol–water partition coefficient (Wildman–Crippen LogP) is 2.34. The molecule has 2 aromatic heterocycles. The number of primary amides is 1. The Labute approximate surface area is 163 Å². The van der Waals surface area contributed by atoms with Crippen LogP contribution in [0.4, 0.5) is 0 Å². The quantitative estimate of drug-likeness (QED) is 0.731. The minimum atomic E-state index is -0.487. The SMILES string of the molecule is Cc1cccc2[nH]c(CN3CCC4(CC3)Cn3nc(C(N)=O)cc3CO4)cc12. The molecule has 7 nitrogen and oxygen atoms in total. The third-order valence-corrected chi connectivity index (χ3v) is 6.18. The lowest BCUT2D eigenvalue weighted by Gasteiger charge is -2.43. The summed E-state index contributed by atoms with van der Waals surface area (Å²) >= 11 is 0. The van der Waals surface area contributed by atoms with Crippen LogP contribution in [0.3, 0.4) is 0 Å². The van der Waals surface area contributed by atoms with E-state index < -0.39 is 5.91 Å². The van der Waals surface area contributed by atoms with Crippen LogP contribution in [0.15, 0.2) is 30.3 Å². The maximum Gasteiger partial charge on any atom is 0.269 e. The molecule has 146 valence electrons. The van der Waals surface area contributed by atoms with Crippen molar-refractivity contribution in [2.75, 3.05) is 13.1 Å². The van der Waals surface area contributed by atoms with Crippen LogP contribution in [-0.4, -0.2) is 44.3 Å². The fourth-order valence-electron chi connectivity index (χ4n) is 4.49. The number of carbonyl (C=O) groups excluding carboxylic acids is 1. The Morgan fingerprint density at radius 1 is 1.32 bits per heavy atom. The number of nitrogens with zero attached hydrogens (tertiary/aromatic N) is 3. The van der Waals surface area contributed by atoms with Crippen LogP contribution in [0.1, 0.15) is 40.3 Å². The van der Waals surface area contributed by atoms with E-state index in [1.165, 1.54) is 22.2 Å². The number of rotatable bonds is 3. The second-order valence-electron chi connectivity index (χ2n) is 8.12. The molecule has 28 heavy (non-hydrogen) atoms. The molecular formula is C21H25N5O2. The topological polar surface area (TPSA) is 89.2 Å². The van der Waals surface area contributed by atoms with E-state index in [2.05, 4.69) is 46.2 Å². The number of likely N-dealkylation sites (tertiary alicyclic amines) is 1. The fraction of sp³-hybridized carbons (Fsp3) is 0.429. The normalized spacial score (nSPS) is 19.2. The van der Waals surface area contributed by atoms with Gasteiger partial charge in [0.1, 0.15) is 5.69 Å². The average molecular weight is 379 g/mol. The van der Waals surface area contributed by atoms with E-state index in [0.29, 0.717) is 18.8 Å². The summed E-state index contributed by atoms with van der Waals surface area (Å²) in [4.78, 5) is 17.4. The smallest absolute Gasteiger partial charge is 0.269 e. The van der Waals surface area contributed by atoms with Crippen LogP contribution in [-0.2, 0) is 24.4 Å². The van der Waals surface area contributed by atoms with E-state index in [1.54, 1.807) is 6.07 Å². The summed E-state index contributed by atoms with van der Waals surface area (Å²) in [5.74, 6) is -0.487. The number of benzene rings is 1. The molecule has 3 aromatic rings. The van der Waals surface area contributed by atoms with Gasteiger partial charge in [0.25, 0.3) is 5.91 Å². The van der Waals surface area contributed by atoms with Crippen molar-refractivity contribution < 1.29 is 9.53 Å². The first-order valence-corrected chi connectivity index (χ1v) is 9.81. The number of amides is 1. The van der Waals surface area contributed by atoms with Crippen molar-refractivity contribution in [3.63, 3.8) is 0 Å². The fourth-order valence-corrected chi connectivity index (χ4v) is 4.49. The number of aryl methyl sites for hydroxylation is 1. The maximum atomic E-state index is 11.4. The number of hydrogen-bond donors (Lipinski definition) is 2. The van der Waals surface area contributed by atoms with Crippen molar-refractivity contribution in [1.29, 1.82) is 0 Å². The lowest BCUT2D eigenvalue weighted by Crippen LogP contribution is -2.50. The molecule has 3 N–H and O–H groups in total. The first-order valence-electron chi connectivity index (χ1n) is 9.81. The summed E-state index contributed by atoms with van der Waals surface area (Å²) in [6.07, 6.45) is 1.91. The Kier molecular flexibility index (Phi) is 4.03. The third-order valence-electron chi connectivity index (χ3n) is 6.18. The van der Waals surface area contributed by atoms with E-state index in [1.807, 2.05) is 4.68 Å². The van der Waals surface area contributed by atoms with Crippen LogP contribution < -0.4 is 5.73 Å². The summed E-state index contributed by atoms with van der Waals surface area (Å²) < 4.78 is 8.14. The average Bonchev–Trinajstić information content (AvgIpc) is 3.28. The highest BCUT2D eigenvalue weighted by Gasteiger charge is 2.39. The molecule has 2 aliphatic rings. The highest BCUT2D eigenvalue weighted by atomic mass is 16.5. The number of aromatic amines is 1. The Hall–Kier alpha value is -2.64. The van der Waals surface area contributed by atoms with Crippen LogP contribution >= 0.6 is 0 Å². The number of nitrogens with one attached hydrogen (secondary N) is 1. The number of piperidine rings is 1. The minimum Gasteiger partial charge on any atom is -0.367 e. The van der Waals surface area contributed by atoms with Crippen molar-refractivity contribution in [1.82, 2.24) is 19.7 Å².